The minimum Gasteiger partial charge on any atom is -0.494 e. The van der Waals surface area contributed by atoms with Gasteiger partial charge in [-0.2, -0.15) is 0 Å². The number of fused-ring (bicyclic) bond motifs is 1. The average Bonchev–Trinajstić information content (AvgIpc) is 3.60. The molecule has 3 aliphatic heterocycles. The first kappa shape index (κ1) is 31.2. The quantitative estimate of drug-likeness (QED) is 0.279. The Morgan fingerprint density at radius 3 is 2.44 bits per heavy atom. The molecule has 2 unspecified atom stereocenters. The number of likely N-dealkylation sites (tertiary alicyclic amines) is 1. The van der Waals surface area contributed by atoms with Crippen LogP contribution >= 0.6 is 11.8 Å². The van der Waals surface area contributed by atoms with Crippen molar-refractivity contribution in [2.75, 3.05) is 23.8 Å². The van der Waals surface area contributed by atoms with Crippen molar-refractivity contribution in [2.45, 2.75) is 68.5 Å². The van der Waals surface area contributed by atoms with Crippen LogP contribution in [0, 0.1) is 25.7 Å². The molecule has 3 saturated heterocycles. The number of aliphatic hydroxyl groups is 1. The van der Waals surface area contributed by atoms with Crippen LogP contribution in [0.25, 0.3) is 0 Å². The molecule has 3 fully saturated rings. The number of nitrogens with one attached hydrogen (secondary N) is 2. The molecule has 3 aromatic carbocycles. The highest BCUT2D eigenvalue weighted by Crippen LogP contribution is 2.71. The fourth-order valence-electron chi connectivity index (χ4n) is 7.69. The highest BCUT2D eigenvalue weighted by Gasteiger charge is 2.77. The fourth-order valence-corrected chi connectivity index (χ4v) is 10.0. The molecule has 6 atom stereocenters. The number of anilines is 2. The molecule has 9 heteroatoms. The topological polar surface area (TPSA) is 108 Å². The lowest BCUT2D eigenvalue weighted by molar-refractivity contribution is -0.141. The summed E-state index contributed by atoms with van der Waals surface area (Å²) in [5, 5.41) is 16.9. The molecule has 3 amide bonds. The maximum Gasteiger partial charge on any atom is 0.248 e. The minimum absolute atomic E-state index is 0.228. The molecule has 8 nitrogen and oxygen atoms in total. The highest BCUT2D eigenvalue weighted by atomic mass is 32.2. The number of thioether (sulfide) groups is 1. The van der Waals surface area contributed by atoms with E-state index < -0.39 is 33.4 Å². The Kier molecular flexibility index (Phi) is 8.43. The van der Waals surface area contributed by atoms with Gasteiger partial charge in [0.25, 0.3) is 0 Å². The number of benzene rings is 3. The number of carbonyl (C=O) groups excluding carboxylic acids is 3. The first-order valence-corrected chi connectivity index (χ1v) is 16.5. The molecule has 0 aliphatic carbocycles. The SMILES string of the molecule is CCOc1ccc(NC(=O)[C@H]2[C@H]3C(=O)N([C@@H](CO)Cc4ccccc4)C(C(=O)Nc4cc(C)ccc4C)C34CC[C@]2(C)S4)cc1. The van der Waals surface area contributed by atoms with Gasteiger partial charge >= 0.3 is 0 Å². The monoisotopic (exact) mass is 627 g/mol. The summed E-state index contributed by atoms with van der Waals surface area (Å²) in [5.74, 6) is -1.39. The van der Waals surface area contributed by atoms with Gasteiger partial charge in [0.05, 0.1) is 35.8 Å². The Morgan fingerprint density at radius 2 is 1.76 bits per heavy atom. The van der Waals surface area contributed by atoms with Gasteiger partial charge in [-0.25, -0.2) is 0 Å². The summed E-state index contributed by atoms with van der Waals surface area (Å²) >= 11 is 1.62. The van der Waals surface area contributed by atoms with Gasteiger partial charge in [-0.3, -0.25) is 14.4 Å². The van der Waals surface area contributed by atoms with E-state index in [1.165, 1.54) is 0 Å². The predicted molar refractivity (Wildman–Crippen MR) is 177 cm³/mol. The van der Waals surface area contributed by atoms with Gasteiger partial charge in [0.2, 0.25) is 17.7 Å². The molecule has 236 valence electrons. The number of aliphatic hydroxyl groups excluding tert-OH is 1. The van der Waals surface area contributed by atoms with Crippen LogP contribution in [0.1, 0.15) is 43.4 Å². The summed E-state index contributed by atoms with van der Waals surface area (Å²) in [5.41, 5.74) is 4.21. The van der Waals surface area contributed by atoms with Crippen LogP contribution in [0.3, 0.4) is 0 Å². The standard InChI is InChI=1S/C36H41N3O5S/c1-5-44-27-15-13-25(14-16-27)37-32(41)29-30-34(43)39(26(21-40)20-24-9-7-6-8-10-24)31(36(30)18-17-35(29,4)45-36)33(42)38-28-19-22(2)11-12-23(28)3/h6-16,19,26,29-31,40H,5,17-18,20-21H2,1-4H3,(H,37,41)(H,38,42)/t26-,29-,30+,31?,35+,36?/m1/s1. The third kappa shape index (κ3) is 5.50. The Hall–Kier alpha value is -3.82. The van der Waals surface area contributed by atoms with Crippen LogP contribution < -0.4 is 15.4 Å². The molecule has 1 spiro atoms. The summed E-state index contributed by atoms with van der Waals surface area (Å²) in [4.78, 5) is 44.9. The summed E-state index contributed by atoms with van der Waals surface area (Å²) in [6.45, 7) is 8.12. The van der Waals surface area contributed by atoms with Crippen molar-refractivity contribution in [3.05, 3.63) is 89.5 Å². The number of hydrogen-bond acceptors (Lipinski definition) is 6. The Balaban J connectivity index is 1.37. The zero-order valence-corrected chi connectivity index (χ0v) is 27.0. The fraction of sp³-hybridized carbons (Fsp3) is 0.417. The first-order valence-electron chi connectivity index (χ1n) is 15.7. The van der Waals surface area contributed by atoms with E-state index in [1.807, 2.05) is 81.4 Å². The summed E-state index contributed by atoms with van der Waals surface area (Å²) < 4.78 is 4.22. The molecule has 3 aromatic rings. The van der Waals surface area contributed by atoms with E-state index in [1.54, 1.807) is 28.8 Å². The van der Waals surface area contributed by atoms with Crippen molar-refractivity contribution in [3.8, 4) is 5.75 Å². The number of rotatable bonds is 10. The van der Waals surface area contributed by atoms with Crippen molar-refractivity contribution in [2.24, 2.45) is 11.8 Å². The van der Waals surface area contributed by atoms with Gasteiger partial charge in [-0.1, -0.05) is 42.5 Å². The van der Waals surface area contributed by atoms with Crippen LogP contribution in [0.4, 0.5) is 11.4 Å². The van der Waals surface area contributed by atoms with Crippen LogP contribution in [-0.2, 0) is 20.8 Å². The number of aryl methyl sites for hydroxylation is 2. The summed E-state index contributed by atoms with van der Waals surface area (Å²) in [7, 11) is 0. The zero-order valence-electron chi connectivity index (χ0n) is 26.2. The second-order valence-electron chi connectivity index (χ2n) is 12.8. The van der Waals surface area contributed by atoms with E-state index in [9.17, 15) is 19.5 Å². The normalized spacial score (nSPS) is 27.3. The van der Waals surface area contributed by atoms with Gasteiger partial charge in [-0.05, 0) is 94.0 Å². The maximum atomic E-state index is 14.7. The van der Waals surface area contributed by atoms with E-state index in [0.29, 0.717) is 43.0 Å². The molecule has 2 bridgehead atoms. The van der Waals surface area contributed by atoms with Crippen LogP contribution in [0.5, 0.6) is 5.75 Å². The minimum atomic E-state index is -0.856. The molecular weight excluding hydrogens is 586 g/mol. The van der Waals surface area contributed by atoms with Gasteiger partial charge in [-0.15, -0.1) is 11.8 Å². The number of carbonyl (C=O) groups is 3. The lowest BCUT2D eigenvalue weighted by Crippen LogP contribution is -2.55. The van der Waals surface area contributed by atoms with Gasteiger partial charge in [0.15, 0.2) is 0 Å². The van der Waals surface area contributed by atoms with Crippen molar-refractivity contribution >= 4 is 40.9 Å². The van der Waals surface area contributed by atoms with E-state index in [2.05, 4.69) is 17.6 Å². The maximum absolute atomic E-state index is 14.7. The van der Waals surface area contributed by atoms with Crippen molar-refractivity contribution in [1.82, 2.24) is 4.90 Å². The van der Waals surface area contributed by atoms with Crippen molar-refractivity contribution < 1.29 is 24.2 Å². The molecule has 3 aliphatic rings. The second-order valence-corrected chi connectivity index (χ2v) is 14.7. The highest BCUT2D eigenvalue weighted by molar-refractivity contribution is 8.02. The van der Waals surface area contributed by atoms with Crippen LogP contribution in [0.15, 0.2) is 72.8 Å². The molecule has 0 aromatic heterocycles. The number of hydrogen-bond donors (Lipinski definition) is 3. The molecule has 6 rings (SSSR count). The van der Waals surface area contributed by atoms with Crippen molar-refractivity contribution in [1.29, 1.82) is 0 Å². The van der Waals surface area contributed by atoms with Gasteiger partial charge in [0.1, 0.15) is 11.8 Å². The Bertz CT molecular complexity index is 1600. The van der Waals surface area contributed by atoms with Gasteiger partial charge < -0.3 is 25.4 Å². The molecule has 3 N–H and O–H groups in total. The van der Waals surface area contributed by atoms with E-state index in [-0.39, 0.29) is 24.3 Å². The molecule has 0 radical (unpaired) electrons. The molecule has 0 saturated carbocycles. The van der Waals surface area contributed by atoms with Crippen LogP contribution in [-0.4, -0.2) is 62.5 Å². The van der Waals surface area contributed by atoms with Gasteiger partial charge in [0, 0.05) is 16.1 Å². The summed E-state index contributed by atoms with van der Waals surface area (Å²) in [6.07, 6.45) is 1.72. The smallest absolute Gasteiger partial charge is 0.248 e. The third-order valence-electron chi connectivity index (χ3n) is 9.75. The van der Waals surface area contributed by atoms with E-state index in [4.69, 9.17) is 4.74 Å². The van der Waals surface area contributed by atoms with Crippen LogP contribution in [0.2, 0.25) is 0 Å². The number of nitrogens with zero attached hydrogens (tertiary/aromatic N) is 1. The molecular formula is C36H41N3O5S. The lowest BCUT2D eigenvalue weighted by atomic mass is 9.66. The molecule has 3 heterocycles. The Morgan fingerprint density at radius 1 is 1.02 bits per heavy atom. The van der Waals surface area contributed by atoms with Crippen molar-refractivity contribution in [3.63, 3.8) is 0 Å². The number of amides is 3. The first-order chi connectivity index (χ1) is 21.6. The predicted octanol–water partition coefficient (Wildman–Crippen LogP) is 5.36. The average molecular weight is 628 g/mol. The molecule has 45 heavy (non-hydrogen) atoms. The largest absolute Gasteiger partial charge is 0.494 e. The second kappa shape index (κ2) is 12.2. The third-order valence-corrected chi connectivity index (χ3v) is 11.7. The zero-order chi connectivity index (χ0) is 31.9. The Labute approximate surface area is 268 Å². The van der Waals surface area contributed by atoms with E-state index in [0.717, 1.165) is 16.7 Å². The summed E-state index contributed by atoms with van der Waals surface area (Å²) in [6, 6.07) is 21.3. The lowest BCUT2D eigenvalue weighted by Gasteiger charge is -2.37. The van der Waals surface area contributed by atoms with E-state index >= 15 is 0 Å². The number of ether oxygens (including phenoxy) is 1.